The number of rotatable bonds is 6. The topological polar surface area (TPSA) is 84.6 Å². The molecule has 1 spiro atoms. The quantitative estimate of drug-likeness (QED) is 0.310. The largest absolute Gasteiger partial charge is 0.417 e. The van der Waals surface area contributed by atoms with Gasteiger partial charge in [0.15, 0.2) is 8.32 Å². The van der Waals surface area contributed by atoms with Gasteiger partial charge in [-0.2, -0.15) is 18.4 Å². The molecule has 2 aliphatic heterocycles. The van der Waals surface area contributed by atoms with Crippen molar-refractivity contribution in [3.63, 3.8) is 0 Å². The summed E-state index contributed by atoms with van der Waals surface area (Å²) in [4.78, 5) is 5.47. The molecule has 0 amide bonds. The Morgan fingerprint density at radius 2 is 1.83 bits per heavy atom. The molecule has 2 fully saturated rings. The molecular formula is C37H47F3N2O4Si. The minimum absolute atomic E-state index is 0.0156. The number of alkyl halides is 3. The molecule has 1 aromatic heterocycles. The third-order valence-electron chi connectivity index (χ3n) is 11.5. The Morgan fingerprint density at radius 3 is 2.40 bits per heavy atom. The van der Waals surface area contributed by atoms with Crippen molar-refractivity contribution in [2.75, 3.05) is 26.4 Å². The van der Waals surface area contributed by atoms with Gasteiger partial charge in [0.25, 0.3) is 0 Å². The zero-order valence-corrected chi connectivity index (χ0v) is 29.2. The van der Waals surface area contributed by atoms with E-state index < -0.39 is 31.7 Å². The maximum atomic E-state index is 13.8. The molecule has 10 heteroatoms. The molecule has 6 rings (SSSR count). The van der Waals surface area contributed by atoms with Gasteiger partial charge in [0, 0.05) is 36.0 Å². The van der Waals surface area contributed by atoms with Crippen LogP contribution in [-0.2, 0) is 26.5 Å². The van der Waals surface area contributed by atoms with Crippen LogP contribution in [0.15, 0.2) is 24.3 Å². The van der Waals surface area contributed by atoms with Gasteiger partial charge >= 0.3 is 6.18 Å². The first-order chi connectivity index (χ1) is 22.1. The van der Waals surface area contributed by atoms with E-state index >= 15 is 0 Å². The van der Waals surface area contributed by atoms with Crippen molar-refractivity contribution in [3.05, 3.63) is 69.0 Å². The number of aliphatic hydroxyl groups is 1. The number of fused-ring (bicyclic) bond motifs is 1. The van der Waals surface area contributed by atoms with Crippen LogP contribution in [0.2, 0.25) is 18.1 Å². The predicted molar refractivity (Wildman–Crippen MR) is 176 cm³/mol. The molecule has 47 heavy (non-hydrogen) atoms. The highest BCUT2D eigenvalue weighted by molar-refractivity contribution is 6.74. The Morgan fingerprint density at radius 1 is 1.11 bits per heavy atom. The molecule has 0 bridgehead atoms. The number of ether oxygens (including phenoxy) is 2. The molecule has 0 radical (unpaired) electrons. The monoisotopic (exact) mass is 668 g/mol. The van der Waals surface area contributed by atoms with Crippen LogP contribution in [0.3, 0.4) is 0 Å². The number of hydrogen-bond donors (Lipinski definition) is 1. The average molecular weight is 669 g/mol. The lowest BCUT2D eigenvalue weighted by Gasteiger charge is -2.51. The van der Waals surface area contributed by atoms with E-state index in [2.05, 4.69) is 39.9 Å². The highest BCUT2D eigenvalue weighted by Gasteiger charge is 2.50. The van der Waals surface area contributed by atoms with Crippen molar-refractivity contribution in [1.29, 1.82) is 5.26 Å². The molecule has 1 unspecified atom stereocenters. The van der Waals surface area contributed by atoms with Gasteiger partial charge in [0.1, 0.15) is 6.10 Å². The smallest absolute Gasteiger partial charge is 0.410 e. The lowest BCUT2D eigenvalue weighted by atomic mass is 9.59. The number of aromatic nitrogens is 1. The lowest BCUT2D eigenvalue weighted by Crippen LogP contribution is -2.46. The second-order valence-corrected chi connectivity index (χ2v) is 20.3. The summed E-state index contributed by atoms with van der Waals surface area (Å²) in [5.41, 5.74) is 4.31. The SMILES string of the molecule is CC(C)(C)[Si](C)(C)OC1CC2(CCC2)Cc2nc(C3CCOCC3)c([C@H](O)c3ccc(C(F)(F)F)c(C#N)c3)c(C3=CCOCC3)c21. The molecule has 6 nitrogen and oxygen atoms in total. The van der Waals surface area contributed by atoms with Crippen LogP contribution in [0.5, 0.6) is 0 Å². The Bertz CT molecular complexity index is 1580. The van der Waals surface area contributed by atoms with Crippen molar-refractivity contribution in [2.45, 2.75) is 115 Å². The second kappa shape index (κ2) is 12.7. The van der Waals surface area contributed by atoms with Crippen molar-refractivity contribution < 1.29 is 32.2 Å². The van der Waals surface area contributed by atoms with E-state index in [0.717, 1.165) is 72.7 Å². The Kier molecular flexibility index (Phi) is 9.29. The molecule has 254 valence electrons. The minimum atomic E-state index is -4.68. The van der Waals surface area contributed by atoms with E-state index in [0.29, 0.717) is 38.4 Å². The van der Waals surface area contributed by atoms with Crippen LogP contribution in [0.25, 0.3) is 5.57 Å². The first-order valence-electron chi connectivity index (χ1n) is 17.0. The van der Waals surface area contributed by atoms with E-state index in [9.17, 15) is 23.5 Å². The second-order valence-electron chi connectivity index (χ2n) is 15.5. The zero-order chi connectivity index (χ0) is 33.8. The molecule has 3 heterocycles. The molecule has 1 N–H and O–H groups in total. The summed E-state index contributed by atoms with van der Waals surface area (Å²) in [6.07, 6.45) is 3.18. The number of pyridine rings is 1. The summed E-state index contributed by atoms with van der Waals surface area (Å²) in [7, 11) is -2.27. The van der Waals surface area contributed by atoms with Gasteiger partial charge in [-0.15, -0.1) is 0 Å². The standard InChI is InChI=1S/C37H47F3N2O4Si/c1-35(2,3)47(4,5)46-29-21-36(13-6-14-36)20-28-31(29)30(23-9-15-44-16-10-23)32(33(42-28)24-11-17-45-18-12-24)34(43)25-7-8-27(37(38,39)40)26(19-25)22-41/h7-9,19,24,29,34,43H,6,10-18,20-21H2,1-5H3/t29?,34-/m1/s1. The predicted octanol–water partition coefficient (Wildman–Crippen LogP) is 8.93. The maximum absolute atomic E-state index is 13.8. The lowest BCUT2D eigenvalue weighted by molar-refractivity contribution is -0.137. The van der Waals surface area contributed by atoms with E-state index in [1.807, 2.05) is 0 Å². The fourth-order valence-electron chi connectivity index (χ4n) is 7.68. The van der Waals surface area contributed by atoms with Gasteiger partial charge in [-0.05, 0) is 97.3 Å². The molecule has 1 saturated heterocycles. The molecule has 1 saturated carbocycles. The van der Waals surface area contributed by atoms with E-state index in [-0.39, 0.29) is 28.0 Å². The summed E-state index contributed by atoms with van der Waals surface area (Å²) >= 11 is 0. The average Bonchev–Trinajstić information content (AvgIpc) is 3.02. The summed E-state index contributed by atoms with van der Waals surface area (Å²) in [6.45, 7) is 13.4. The van der Waals surface area contributed by atoms with E-state index in [1.54, 1.807) is 6.07 Å². The maximum Gasteiger partial charge on any atom is 0.417 e. The molecule has 4 aliphatic rings. The van der Waals surface area contributed by atoms with Gasteiger partial charge < -0.3 is 19.0 Å². The normalized spacial score (nSPS) is 22.6. The van der Waals surface area contributed by atoms with Crippen molar-refractivity contribution in [1.82, 2.24) is 4.98 Å². The summed E-state index contributed by atoms with van der Waals surface area (Å²) in [5.74, 6) is 0.0156. The fourth-order valence-corrected chi connectivity index (χ4v) is 8.94. The van der Waals surface area contributed by atoms with Crippen LogP contribution in [0.1, 0.15) is 129 Å². The minimum Gasteiger partial charge on any atom is -0.410 e. The molecule has 2 aromatic rings. The van der Waals surface area contributed by atoms with E-state index in [1.165, 1.54) is 18.6 Å². The molecular weight excluding hydrogens is 621 g/mol. The van der Waals surface area contributed by atoms with Gasteiger partial charge in [-0.25, -0.2) is 0 Å². The van der Waals surface area contributed by atoms with Crippen molar-refractivity contribution in [3.8, 4) is 6.07 Å². The molecule has 2 aliphatic carbocycles. The first-order valence-corrected chi connectivity index (χ1v) is 19.9. The van der Waals surface area contributed by atoms with Gasteiger partial charge in [0.2, 0.25) is 0 Å². The molecule has 1 aromatic carbocycles. The third kappa shape index (κ3) is 6.59. The van der Waals surface area contributed by atoms with Crippen molar-refractivity contribution >= 4 is 13.9 Å². The number of halogens is 3. The Labute approximate surface area is 277 Å². The number of hydrogen-bond acceptors (Lipinski definition) is 6. The summed E-state index contributed by atoms with van der Waals surface area (Å²) in [5, 5.41) is 22.1. The third-order valence-corrected chi connectivity index (χ3v) is 16.0. The number of nitriles is 1. The van der Waals surface area contributed by atoms with Gasteiger partial charge in [0.05, 0.1) is 42.2 Å². The fraction of sp³-hybridized carbons (Fsp3) is 0.622. The van der Waals surface area contributed by atoms with Crippen LogP contribution < -0.4 is 0 Å². The van der Waals surface area contributed by atoms with Crippen molar-refractivity contribution in [2.24, 2.45) is 5.41 Å². The van der Waals surface area contributed by atoms with Crippen LogP contribution in [-0.4, -0.2) is 44.8 Å². The Balaban J connectivity index is 1.62. The highest BCUT2D eigenvalue weighted by atomic mass is 28.4. The van der Waals surface area contributed by atoms with Crippen LogP contribution >= 0.6 is 0 Å². The van der Waals surface area contributed by atoms with Crippen LogP contribution in [0, 0.1) is 16.7 Å². The summed E-state index contributed by atoms with van der Waals surface area (Å²) < 4.78 is 60.2. The van der Waals surface area contributed by atoms with Gasteiger partial charge in [-0.3, -0.25) is 4.98 Å². The van der Waals surface area contributed by atoms with Crippen LogP contribution in [0.4, 0.5) is 13.2 Å². The number of benzene rings is 1. The van der Waals surface area contributed by atoms with E-state index in [4.69, 9.17) is 18.9 Å². The zero-order valence-electron chi connectivity index (χ0n) is 28.2. The highest BCUT2D eigenvalue weighted by Crippen LogP contribution is 2.58. The number of nitrogens with zero attached hydrogens (tertiary/aromatic N) is 2. The number of aliphatic hydroxyl groups excluding tert-OH is 1. The van der Waals surface area contributed by atoms with Gasteiger partial charge in [-0.1, -0.05) is 39.3 Å². The first kappa shape index (κ1) is 34.3. The summed E-state index contributed by atoms with van der Waals surface area (Å²) in [6, 6.07) is 5.12. The Hall–Kier alpha value is -2.55. The molecule has 2 atom stereocenters.